The highest BCUT2D eigenvalue weighted by atomic mass is 15.3. The third-order valence-electron chi connectivity index (χ3n) is 3.43. The van der Waals surface area contributed by atoms with Crippen molar-refractivity contribution in [2.24, 2.45) is 5.92 Å². The van der Waals surface area contributed by atoms with Gasteiger partial charge < -0.3 is 10.2 Å². The highest BCUT2D eigenvalue weighted by Gasteiger charge is 2.34. The number of piperidine rings is 1. The number of nitrogens with zero attached hydrogens (tertiary/aromatic N) is 3. The van der Waals surface area contributed by atoms with E-state index < -0.39 is 0 Å². The maximum absolute atomic E-state index is 4.31. The Morgan fingerprint density at radius 3 is 2.93 bits per heavy atom. The van der Waals surface area contributed by atoms with Crippen LogP contribution in [0.15, 0.2) is 18.5 Å². The zero-order chi connectivity index (χ0) is 10.1. The molecule has 3 heterocycles. The molecule has 15 heavy (non-hydrogen) atoms. The van der Waals surface area contributed by atoms with Crippen LogP contribution < -0.4 is 10.2 Å². The Bertz CT molecular complexity index is 313. The summed E-state index contributed by atoms with van der Waals surface area (Å²) in [6, 6.07) is 2.52. The van der Waals surface area contributed by atoms with Crippen molar-refractivity contribution in [2.45, 2.75) is 18.9 Å². The third-order valence-corrected chi connectivity index (χ3v) is 3.43. The second-order valence-corrected chi connectivity index (χ2v) is 4.42. The lowest BCUT2D eigenvalue weighted by atomic mass is 9.94. The first-order valence-corrected chi connectivity index (χ1v) is 5.69. The first-order chi connectivity index (χ1) is 7.43. The van der Waals surface area contributed by atoms with E-state index in [1.165, 1.54) is 19.4 Å². The predicted molar refractivity (Wildman–Crippen MR) is 58.8 cm³/mol. The van der Waals surface area contributed by atoms with Gasteiger partial charge in [0, 0.05) is 31.5 Å². The lowest BCUT2D eigenvalue weighted by Crippen LogP contribution is -2.40. The third kappa shape index (κ3) is 1.69. The molecule has 0 aromatic carbocycles. The molecule has 80 valence electrons. The van der Waals surface area contributed by atoms with Crippen LogP contribution in [0.3, 0.4) is 0 Å². The minimum Gasteiger partial charge on any atom is -0.339 e. The zero-order valence-electron chi connectivity index (χ0n) is 8.76. The van der Waals surface area contributed by atoms with Gasteiger partial charge in [-0.1, -0.05) is 0 Å². The number of fused-ring (bicyclic) bond motifs is 1. The van der Waals surface area contributed by atoms with Gasteiger partial charge >= 0.3 is 0 Å². The van der Waals surface area contributed by atoms with E-state index in [2.05, 4.69) is 20.2 Å². The van der Waals surface area contributed by atoms with Crippen molar-refractivity contribution >= 4 is 5.95 Å². The maximum atomic E-state index is 4.31. The molecule has 0 amide bonds. The Balaban J connectivity index is 1.75. The summed E-state index contributed by atoms with van der Waals surface area (Å²) in [4.78, 5) is 10.9. The highest BCUT2D eigenvalue weighted by Crippen LogP contribution is 2.26. The molecule has 1 aromatic rings. The number of hydrogen-bond donors (Lipinski definition) is 1. The van der Waals surface area contributed by atoms with E-state index in [-0.39, 0.29) is 0 Å². The van der Waals surface area contributed by atoms with Crippen LogP contribution in [0, 0.1) is 5.92 Å². The standard InChI is InChI=1S/C11H16N4/c1-3-9-7-15(8-10(9)12-4-1)11-13-5-2-6-14-11/h2,5-6,9-10,12H,1,3-4,7-8H2. The van der Waals surface area contributed by atoms with Crippen LogP contribution in [0.1, 0.15) is 12.8 Å². The lowest BCUT2D eigenvalue weighted by Gasteiger charge is -2.24. The summed E-state index contributed by atoms with van der Waals surface area (Å²) < 4.78 is 0. The minimum atomic E-state index is 0.655. The Hall–Kier alpha value is -1.16. The average molecular weight is 204 g/mol. The van der Waals surface area contributed by atoms with Crippen LogP contribution in [0.2, 0.25) is 0 Å². The number of anilines is 1. The van der Waals surface area contributed by atoms with Crippen LogP contribution >= 0.6 is 0 Å². The van der Waals surface area contributed by atoms with Crippen molar-refractivity contribution in [1.82, 2.24) is 15.3 Å². The second kappa shape index (κ2) is 3.77. The molecule has 4 heteroatoms. The van der Waals surface area contributed by atoms with E-state index >= 15 is 0 Å². The maximum Gasteiger partial charge on any atom is 0.225 e. The molecule has 2 fully saturated rings. The van der Waals surface area contributed by atoms with E-state index in [1.54, 1.807) is 0 Å². The first kappa shape index (κ1) is 9.09. The molecule has 0 bridgehead atoms. The molecular formula is C11H16N4. The normalized spacial score (nSPS) is 30.3. The molecule has 1 aromatic heterocycles. The van der Waals surface area contributed by atoms with Crippen LogP contribution in [0.5, 0.6) is 0 Å². The van der Waals surface area contributed by atoms with Gasteiger partial charge in [0.25, 0.3) is 0 Å². The van der Waals surface area contributed by atoms with Gasteiger partial charge in [-0.05, 0) is 31.4 Å². The van der Waals surface area contributed by atoms with Crippen LogP contribution in [-0.4, -0.2) is 35.6 Å². The Labute approximate surface area is 89.7 Å². The number of rotatable bonds is 1. The van der Waals surface area contributed by atoms with E-state index in [4.69, 9.17) is 0 Å². The molecule has 0 saturated carbocycles. The van der Waals surface area contributed by atoms with Crippen molar-refractivity contribution in [2.75, 3.05) is 24.5 Å². The fraction of sp³-hybridized carbons (Fsp3) is 0.636. The highest BCUT2D eigenvalue weighted by molar-refractivity contribution is 5.32. The molecule has 4 nitrogen and oxygen atoms in total. The molecule has 3 rings (SSSR count). The van der Waals surface area contributed by atoms with Crippen molar-refractivity contribution in [3.63, 3.8) is 0 Å². The number of aromatic nitrogens is 2. The van der Waals surface area contributed by atoms with Gasteiger partial charge in [0.2, 0.25) is 5.95 Å². The Kier molecular flexibility index (Phi) is 2.29. The zero-order valence-corrected chi connectivity index (χ0v) is 8.76. The molecule has 0 radical (unpaired) electrons. The van der Waals surface area contributed by atoms with Gasteiger partial charge in [0.15, 0.2) is 0 Å². The van der Waals surface area contributed by atoms with Gasteiger partial charge in [0.1, 0.15) is 0 Å². The fourth-order valence-corrected chi connectivity index (χ4v) is 2.66. The molecular weight excluding hydrogens is 188 g/mol. The topological polar surface area (TPSA) is 41.1 Å². The van der Waals surface area contributed by atoms with E-state index in [1.807, 2.05) is 18.5 Å². The summed E-state index contributed by atoms with van der Waals surface area (Å²) in [6.45, 7) is 3.35. The smallest absolute Gasteiger partial charge is 0.225 e. The molecule has 2 unspecified atom stereocenters. The molecule has 2 atom stereocenters. The summed E-state index contributed by atoms with van der Waals surface area (Å²) in [7, 11) is 0. The Morgan fingerprint density at radius 1 is 1.27 bits per heavy atom. The lowest BCUT2D eigenvalue weighted by molar-refractivity contribution is 0.340. The summed E-state index contributed by atoms with van der Waals surface area (Å²) in [5.41, 5.74) is 0. The number of nitrogens with one attached hydrogen (secondary N) is 1. The molecule has 0 aliphatic carbocycles. The monoisotopic (exact) mass is 204 g/mol. The van der Waals surface area contributed by atoms with Gasteiger partial charge in [0.05, 0.1) is 0 Å². The molecule has 2 saturated heterocycles. The molecule has 2 aliphatic heterocycles. The fourth-order valence-electron chi connectivity index (χ4n) is 2.66. The van der Waals surface area contributed by atoms with Gasteiger partial charge in [-0.15, -0.1) is 0 Å². The second-order valence-electron chi connectivity index (χ2n) is 4.42. The van der Waals surface area contributed by atoms with Crippen molar-refractivity contribution in [3.05, 3.63) is 18.5 Å². The summed E-state index contributed by atoms with van der Waals surface area (Å²) in [5.74, 6) is 1.68. The van der Waals surface area contributed by atoms with E-state index in [0.29, 0.717) is 6.04 Å². The van der Waals surface area contributed by atoms with Crippen molar-refractivity contribution in [3.8, 4) is 0 Å². The largest absolute Gasteiger partial charge is 0.339 e. The summed E-state index contributed by atoms with van der Waals surface area (Å²) in [6.07, 6.45) is 6.29. The minimum absolute atomic E-state index is 0.655. The van der Waals surface area contributed by atoms with Gasteiger partial charge in [-0.3, -0.25) is 0 Å². The molecule has 0 spiro atoms. The van der Waals surface area contributed by atoms with Crippen LogP contribution in [-0.2, 0) is 0 Å². The summed E-state index contributed by atoms with van der Waals surface area (Å²) in [5, 5.41) is 3.58. The quantitative estimate of drug-likeness (QED) is 0.730. The SMILES string of the molecule is c1cnc(N2CC3CCCNC3C2)nc1. The first-order valence-electron chi connectivity index (χ1n) is 5.69. The Morgan fingerprint density at radius 2 is 2.13 bits per heavy atom. The van der Waals surface area contributed by atoms with Gasteiger partial charge in [-0.2, -0.15) is 0 Å². The van der Waals surface area contributed by atoms with E-state index in [9.17, 15) is 0 Å². The van der Waals surface area contributed by atoms with Crippen LogP contribution in [0.4, 0.5) is 5.95 Å². The van der Waals surface area contributed by atoms with Crippen molar-refractivity contribution in [1.29, 1.82) is 0 Å². The molecule has 1 N–H and O–H groups in total. The summed E-state index contributed by atoms with van der Waals surface area (Å²) >= 11 is 0. The van der Waals surface area contributed by atoms with Crippen LogP contribution in [0.25, 0.3) is 0 Å². The van der Waals surface area contributed by atoms with Gasteiger partial charge in [-0.25, -0.2) is 9.97 Å². The average Bonchev–Trinajstić information content (AvgIpc) is 2.74. The predicted octanol–water partition coefficient (Wildman–Crippen LogP) is 0.665. The van der Waals surface area contributed by atoms with Crippen molar-refractivity contribution < 1.29 is 0 Å². The molecule has 2 aliphatic rings. The van der Waals surface area contributed by atoms with E-state index in [0.717, 1.165) is 25.0 Å². The number of hydrogen-bond acceptors (Lipinski definition) is 4.